The number of hydrogen-bond donors (Lipinski definition) is 3. The first-order chi connectivity index (χ1) is 8.06. The monoisotopic (exact) mass is 237 g/mol. The van der Waals surface area contributed by atoms with Crippen LogP contribution in [0, 0.1) is 0 Å². The Hall–Kier alpha value is -2.14. The molecule has 0 unspecified atom stereocenters. The summed E-state index contributed by atoms with van der Waals surface area (Å²) in [5.41, 5.74) is 1.17. The van der Waals surface area contributed by atoms with Gasteiger partial charge in [0, 0.05) is 0 Å². The fourth-order valence-corrected chi connectivity index (χ4v) is 0.865. The van der Waals surface area contributed by atoms with Crippen LogP contribution in [-0.2, 0) is 9.59 Å². The summed E-state index contributed by atoms with van der Waals surface area (Å²) in [6, 6.07) is 10.0. The molecule has 0 aliphatic carbocycles. The van der Waals surface area contributed by atoms with Gasteiger partial charge in [-0.3, -0.25) is 14.9 Å². The first kappa shape index (κ1) is 14.9. The van der Waals surface area contributed by atoms with E-state index in [0.717, 1.165) is 0 Å². The molecule has 0 aliphatic heterocycles. The predicted molar refractivity (Wildman–Crippen MR) is 64.7 cm³/mol. The van der Waals surface area contributed by atoms with Crippen molar-refractivity contribution < 1.29 is 19.8 Å². The Labute approximate surface area is 99.4 Å². The molecule has 0 spiro atoms. The van der Waals surface area contributed by atoms with Gasteiger partial charge in [0.2, 0.25) is 0 Å². The molecule has 5 nitrogen and oxygen atoms in total. The summed E-state index contributed by atoms with van der Waals surface area (Å²) in [7, 11) is 0. The Kier molecular flexibility index (Phi) is 7.97. The standard InChI is InChI=1S/C8H8.C4H7NO4/c1-2-8-6-4-3-5-7-8;6-3(7)1-5-2-4(8)9/h2-7H,1H2;5H,1-2H2,(H,6,7)(H,8,9). The van der Waals surface area contributed by atoms with Crippen molar-refractivity contribution in [2.75, 3.05) is 13.1 Å². The molecule has 1 aromatic rings. The molecule has 0 saturated heterocycles. The highest BCUT2D eigenvalue weighted by molar-refractivity contribution is 5.72. The molecule has 0 aromatic heterocycles. The maximum Gasteiger partial charge on any atom is 0.317 e. The Morgan fingerprint density at radius 2 is 1.59 bits per heavy atom. The normalized spacial score (nSPS) is 8.71. The van der Waals surface area contributed by atoms with Crippen molar-refractivity contribution in [3.8, 4) is 0 Å². The van der Waals surface area contributed by atoms with Crippen LogP contribution in [0.25, 0.3) is 6.08 Å². The number of benzene rings is 1. The highest BCUT2D eigenvalue weighted by Gasteiger charge is 1.97. The Balaban J connectivity index is 0.000000302. The second kappa shape index (κ2) is 9.11. The van der Waals surface area contributed by atoms with Gasteiger partial charge in [0.15, 0.2) is 0 Å². The summed E-state index contributed by atoms with van der Waals surface area (Å²) in [4.78, 5) is 19.5. The highest BCUT2D eigenvalue weighted by Crippen LogP contribution is 1.97. The van der Waals surface area contributed by atoms with Crippen LogP contribution >= 0.6 is 0 Å². The fraction of sp³-hybridized carbons (Fsp3) is 0.167. The lowest BCUT2D eigenvalue weighted by Gasteiger charge is -1.93. The minimum absolute atomic E-state index is 0.313. The summed E-state index contributed by atoms with van der Waals surface area (Å²) in [6.45, 7) is 3.00. The molecule has 0 radical (unpaired) electrons. The third kappa shape index (κ3) is 10.1. The van der Waals surface area contributed by atoms with Gasteiger partial charge in [-0.1, -0.05) is 43.0 Å². The molecule has 1 rings (SSSR count). The van der Waals surface area contributed by atoms with Gasteiger partial charge in [-0.15, -0.1) is 0 Å². The van der Waals surface area contributed by atoms with Gasteiger partial charge < -0.3 is 10.2 Å². The van der Waals surface area contributed by atoms with Crippen molar-refractivity contribution in [3.63, 3.8) is 0 Å². The van der Waals surface area contributed by atoms with E-state index in [2.05, 4.69) is 11.9 Å². The summed E-state index contributed by atoms with van der Waals surface area (Å²) < 4.78 is 0. The van der Waals surface area contributed by atoms with Crippen molar-refractivity contribution in [2.45, 2.75) is 0 Å². The SMILES string of the molecule is C=Cc1ccccc1.O=C(O)CNCC(=O)O. The molecule has 0 aliphatic rings. The van der Waals surface area contributed by atoms with E-state index >= 15 is 0 Å². The molecule has 0 atom stereocenters. The van der Waals surface area contributed by atoms with E-state index in [1.165, 1.54) is 5.56 Å². The van der Waals surface area contributed by atoms with Crippen LogP contribution in [-0.4, -0.2) is 35.2 Å². The van der Waals surface area contributed by atoms with Crippen molar-refractivity contribution in [1.82, 2.24) is 5.32 Å². The van der Waals surface area contributed by atoms with Crippen molar-refractivity contribution in [1.29, 1.82) is 0 Å². The number of rotatable bonds is 5. The van der Waals surface area contributed by atoms with Gasteiger partial charge in [-0.25, -0.2) is 0 Å². The third-order valence-corrected chi connectivity index (χ3v) is 1.59. The maximum absolute atomic E-state index is 9.73. The average Bonchev–Trinajstić information content (AvgIpc) is 2.30. The second-order valence-corrected chi connectivity index (χ2v) is 3.01. The lowest BCUT2D eigenvalue weighted by molar-refractivity contribution is -0.137. The number of hydrogen-bond acceptors (Lipinski definition) is 3. The van der Waals surface area contributed by atoms with Crippen molar-refractivity contribution in [3.05, 3.63) is 42.5 Å². The zero-order valence-corrected chi connectivity index (χ0v) is 9.30. The first-order valence-corrected chi connectivity index (χ1v) is 4.88. The zero-order chi connectivity index (χ0) is 13.1. The van der Waals surface area contributed by atoms with Crippen LogP contribution in [0.1, 0.15) is 5.56 Å². The zero-order valence-electron chi connectivity index (χ0n) is 9.30. The van der Waals surface area contributed by atoms with Crippen LogP contribution in [0.4, 0.5) is 0 Å². The highest BCUT2D eigenvalue weighted by atomic mass is 16.4. The lowest BCUT2D eigenvalue weighted by Crippen LogP contribution is -2.27. The lowest BCUT2D eigenvalue weighted by atomic mass is 10.2. The fourth-order valence-electron chi connectivity index (χ4n) is 0.865. The summed E-state index contributed by atoms with van der Waals surface area (Å²) in [6.07, 6.45) is 1.83. The van der Waals surface area contributed by atoms with Crippen LogP contribution in [0.5, 0.6) is 0 Å². The topological polar surface area (TPSA) is 86.6 Å². The molecule has 0 heterocycles. The summed E-state index contributed by atoms with van der Waals surface area (Å²) in [5, 5.41) is 18.1. The maximum atomic E-state index is 9.73. The van der Waals surface area contributed by atoms with Crippen LogP contribution in [0.2, 0.25) is 0 Å². The van der Waals surface area contributed by atoms with Crippen LogP contribution < -0.4 is 5.32 Å². The molecule has 0 amide bonds. The van der Waals surface area contributed by atoms with E-state index in [4.69, 9.17) is 10.2 Å². The van der Waals surface area contributed by atoms with E-state index in [0.29, 0.717) is 0 Å². The van der Waals surface area contributed by atoms with E-state index in [1.54, 1.807) is 0 Å². The minimum atomic E-state index is -1.06. The van der Waals surface area contributed by atoms with Crippen LogP contribution in [0.15, 0.2) is 36.9 Å². The number of nitrogens with one attached hydrogen (secondary N) is 1. The van der Waals surface area contributed by atoms with E-state index in [1.807, 2.05) is 36.4 Å². The van der Waals surface area contributed by atoms with Crippen molar-refractivity contribution >= 4 is 18.0 Å². The van der Waals surface area contributed by atoms with E-state index < -0.39 is 11.9 Å². The smallest absolute Gasteiger partial charge is 0.317 e. The predicted octanol–water partition coefficient (Wildman–Crippen LogP) is 1.07. The number of aliphatic carboxylic acids is 2. The number of carboxylic acid groups (broad SMARTS) is 2. The van der Waals surface area contributed by atoms with Crippen LogP contribution in [0.3, 0.4) is 0 Å². The molecule has 3 N–H and O–H groups in total. The van der Waals surface area contributed by atoms with Gasteiger partial charge in [0.1, 0.15) is 0 Å². The molecule has 0 saturated carbocycles. The molecular formula is C12H15NO4. The van der Waals surface area contributed by atoms with Crippen molar-refractivity contribution in [2.24, 2.45) is 0 Å². The van der Waals surface area contributed by atoms with Gasteiger partial charge in [0.05, 0.1) is 13.1 Å². The number of carboxylic acids is 2. The van der Waals surface area contributed by atoms with Gasteiger partial charge >= 0.3 is 11.9 Å². The molecule has 1 aromatic carbocycles. The molecule has 92 valence electrons. The summed E-state index contributed by atoms with van der Waals surface area (Å²) in [5.74, 6) is -2.12. The number of carbonyl (C=O) groups is 2. The Morgan fingerprint density at radius 1 is 1.12 bits per heavy atom. The largest absolute Gasteiger partial charge is 0.480 e. The Morgan fingerprint density at radius 3 is 1.88 bits per heavy atom. The average molecular weight is 237 g/mol. The molecule has 5 heteroatoms. The molecule has 17 heavy (non-hydrogen) atoms. The van der Waals surface area contributed by atoms with E-state index in [9.17, 15) is 9.59 Å². The first-order valence-electron chi connectivity index (χ1n) is 4.88. The van der Waals surface area contributed by atoms with E-state index in [-0.39, 0.29) is 13.1 Å². The summed E-state index contributed by atoms with van der Waals surface area (Å²) >= 11 is 0. The molecular weight excluding hydrogens is 222 g/mol. The Bertz CT molecular complexity index is 348. The molecule has 0 fully saturated rings. The van der Waals surface area contributed by atoms with Gasteiger partial charge in [-0.05, 0) is 5.56 Å². The van der Waals surface area contributed by atoms with Gasteiger partial charge in [0.25, 0.3) is 0 Å². The third-order valence-electron chi connectivity index (χ3n) is 1.59. The molecule has 0 bridgehead atoms. The van der Waals surface area contributed by atoms with Gasteiger partial charge in [-0.2, -0.15) is 0 Å². The minimum Gasteiger partial charge on any atom is -0.480 e. The quantitative estimate of drug-likeness (QED) is 0.713. The second-order valence-electron chi connectivity index (χ2n) is 3.01.